The molecule has 0 aliphatic carbocycles. The van der Waals surface area contributed by atoms with Gasteiger partial charge in [-0.05, 0) is 37.1 Å². The van der Waals surface area contributed by atoms with Gasteiger partial charge >= 0.3 is 6.03 Å². The molecular weight excluding hydrogens is 261 g/mol. The molecule has 1 fully saturated rings. The maximum atomic E-state index is 12.8. The predicted molar refractivity (Wildman–Crippen MR) is 73.8 cm³/mol. The third-order valence-corrected chi connectivity index (χ3v) is 3.49. The fraction of sp³-hybridized carbons (Fsp3) is 0.429. The standard InChI is InChI=1S/C14H18FN3O2/c1-16-13(19)10-6-8-18(9-7-10)14(20)17-12-4-2-11(15)3-5-12/h2-5,10H,6-9H2,1H3,(H,16,19)(H,17,20). The van der Waals surface area contributed by atoms with E-state index >= 15 is 0 Å². The third kappa shape index (κ3) is 3.46. The van der Waals surface area contributed by atoms with Gasteiger partial charge < -0.3 is 15.5 Å². The van der Waals surface area contributed by atoms with E-state index in [2.05, 4.69) is 10.6 Å². The first-order valence-corrected chi connectivity index (χ1v) is 6.63. The minimum absolute atomic E-state index is 0.0186. The average molecular weight is 279 g/mol. The molecular formula is C14H18FN3O2. The summed E-state index contributed by atoms with van der Waals surface area (Å²) in [6.07, 6.45) is 1.33. The molecule has 0 radical (unpaired) electrons. The smallest absolute Gasteiger partial charge is 0.321 e. The Kier molecular flexibility index (Phi) is 4.55. The summed E-state index contributed by atoms with van der Waals surface area (Å²) in [6.45, 7) is 1.09. The molecule has 1 aliphatic rings. The number of anilines is 1. The van der Waals surface area contributed by atoms with Crippen molar-refractivity contribution in [1.82, 2.24) is 10.2 Å². The van der Waals surface area contributed by atoms with Gasteiger partial charge in [0.1, 0.15) is 5.82 Å². The van der Waals surface area contributed by atoms with Gasteiger partial charge in [-0.25, -0.2) is 9.18 Å². The normalized spacial score (nSPS) is 15.8. The van der Waals surface area contributed by atoms with Crippen LogP contribution in [0.15, 0.2) is 24.3 Å². The molecule has 0 saturated carbocycles. The van der Waals surface area contributed by atoms with Gasteiger partial charge in [0.15, 0.2) is 0 Å². The summed E-state index contributed by atoms with van der Waals surface area (Å²) in [5, 5.41) is 5.35. The molecule has 20 heavy (non-hydrogen) atoms. The molecule has 1 aromatic carbocycles. The van der Waals surface area contributed by atoms with Crippen molar-refractivity contribution in [2.45, 2.75) is 12.8 Å². The second-order valence-electron chi connectivity index (χ2n) is 4.81. The Morgan fingerprint density at radius 2 is 1.80 bits per heavy atom. The van der Waals surface area contributed by atoms with E-state index in [-0.39, 0.29) is 23.7 Å². The molecule has 5 nitrogen and oxygen atoms in total. The van der Waals surface area contributed by atoms with Gasteiger partial charge in [-0.15, -0.1) is 0 Å². The van der Waals surface area contributed by atoms with Crippen LogP contribution >= 0.6 is 0 Å². The number of benzene rings is 1. The van der Waals surface area contributed by atoms with Crippen LogP contribution in [-0.4, -0.2) is 37.0 Å². The van der Waals surface area contributed by atoms with Gasteiger partial charge in [0.25, 0.3) is 0 Å². The van der Waals surface area contributed by atoms with Gasteiger partial charge in [-0.1, -0.05) is 0 Å². The van der Waals surface area contributed by atoms with Gasteiger partial charge in [-0.2, -0.15) is 0 Å². The molecule has 2 N–H and O–H groups in total. The van der Waals surface area contributed by atoms with Crippen molar-refractivity contribution in [1.29, 1.82) is 0 Å². The van der Waals surface area contributed by atoms with E-state index in [9.17, 15) is 14.0 Å². The van der Waals surface area contributed by atoms with Crippen molar-refractivity contribution in [3.8, 4) is 0 Å². The number of urea groups is 1. The van der Waals surface area contributed by atoms with E-state index in [1.807, 2.05) is 0 Å². The summed E-state index contributed by atoms with van der Waals surface area (Å²) in [7, 11) is 1.62. The van der Waals surface area contributed by atoms with Crippen molar-refractivity contribution < 1.29 is 14.0 Å². The van der Waals surface area contributed by atoms with Crippen molar-refractivity contribution in [3.63, 3.8) is 0 Å². The van der Waals surface area contributed by atoms with Gasteiger partial charge in [0, 0.05) is 31.7 Å². The minimum Gasteiger partial charge on any atom is -0.359 e. The van der Waals surface area contributed by atoms with E-state index in [4.69, 9.17) is 0 Å². The van der Waals surface area contributed by atoms with E-state index in [1.165, 1.54) is 24.3 Å². The van der Waals surface area contributed by atoms with E-state index in [1.54, 1.807) is 11.9 Å². The first-order valence-electron chi connectivity index (χ1n) is 6.63. The van der Waals surface area contributed by atoms with Gasteiger partial charge in [0.05, 0.1) is 0 Å². The third-order valence-electron chi connectivity index (χ3n) is 3.49. The lowest BCUT2D eigenvalue weighted by Crippen LogP contribution is -2.44. The highest BCUT2D eigenvalue weighted by Gasteiger charge is 2.26. The Bertz CT molecular complexity index is 482. The molecule has 0 spiro atoms. The number of carbonyl (C=O) groups excluding carboxylic acids is 2. The van der Waals surface area contributed by atoms with Crippen molar-refractivity contribution in [3.05, 3.63) is 30.1 Å². The number of piperidine rings is 1. The molecule has 6 heteroatoms. The van der Waals surface area contributed by atoms with Crippen LogP contribution in [0.25, 0.3) is 0 Å². The van der Waals surface area contributed by atoms with Crippen molar-refractivity contribution in [2.24, 2.45) is 5.92 Å². The van der Waals surface area contributed by atoms with Crippen LogP contribution in [0.5, 0.6) is 0 Å². The molecule has 2 rings (SSSR count). The van der Waals surface area contributed by atoms with Gasteiger partial charge in [-0.3, -0.25) is 4.79 Å². The fourth-order valence-electron chi connectivity index (χ4n) is 2.28. The first kappa shape index (κ1) is 14.3. The summed E-state index contributed by atoms with van der Waals surface area (Å²) in [4.78, 5) is 25.2. The van der Waals surface area contributed by atoms with Crippen molar-refractivity contribution >= 4 is 17.6 Å². The second kappa shape index (κ2) is 6.36. The lowest BCUT2D eigenvalue weighted by atomic mass is 9.96. The maximum Gasteiger partial charge on any atom is 0.321 e. The number of rotatable bonds is 2. The summed E-state index contributed by atoms with van der Waals surface area (Å²) < 4.78 is 12.8. The summed E-state index contributed by atoms with van der Waals surface area (Å²) in [6, 6.07) is 5.42. The molecule has 3 amide bonds. The highest BCUT2D eigenvalue weighted by Crippen LogP contribution is 2.18. The predicted octanol–water partition coefficient (Wildman–Crippen LogP) is 1.82. The second-order valence-corrected chi connectivity index (χ2v) is 4.81. The van der Waals surface area contributed by atoms with E-state index < -0.39 is 0 Å². The molecule has 0 bridgehead atoms. The number of nitrogens with one attached hydrogen (secondary N) is 2. The van der Waals surface area contributed by atoms with Crippen LogP contribution < -0.4 is 10.6 Å². The van der Waals surface area contributed by atoms with Crippen LogP contribution in [0, 0.1) is 11.7 Å². The molecule has 1 aromatic rings. The Morgan fingerprint density at radius 3 is 2.35 bits per heavy atom. The quantitative estimate of drug-likeness (QED) is 0.867. The van der Waals surface area contributed by atoms with Gasteiger partial charge in [0.2, 0.25) is 5.91 Å². The average Bonchev–Trinajstić information content (AvgIpc) is 2.49. The molecule has 1 heterocycles. The summed E-state index contributed by atoms with van der Waals surface area (Å²) in [5.74, 6) is -0.326. The van der Waals surface area contributed by atoms with Crippen LogP contribution in [0.3, 0.4) is 0 Å². The minimum atomic E-state index is -0.339. The number of hydrogen-bond donors (Lipinski definition) is 2. The Labute approximate surface area is 117 Å². The SMILES string of the molecule is CNC(=O)C1CCN(C(=O)Nc2ccc(F)cc2)CC1. The number of halogens is 1. The van der Waals surface area contributed by atoms with Crippen LogP contribution in [0.4, 0.5) is 14.9 Å². The maximum absolute atomic E-state index is 12.8. The van der Waals surface area contributed by atoms with Crippen LogP contribution in [-0.2, 0) is 4.79 Å². The van der Waals surface area contributed by atoms with E-state index in [0.717, 1.165) is 0 Å². The number of nitrogens with zero attached hydrogens (tertiary/aromatic N) is 1. The highest BCUT2D eigenvalue weighted by molar-refractivity contribution is 5.89. The zero-order valence-electron chi connectivity index (χ0n) is 11.4. The monoisotopic (exact) mass is 279 g/mol. The summed E-state index contributed by atoms with van der Waals surface area (Å²) >= 11 is 0. The highest BCUT2D eigenvalue weighted by atomic mass is 19.1. The van der Waals surface area contributed by atoms with Crippen LogP contribution in [0.2, 0.25) is 0 Å². The lowest BCUT2D eigenvalue weighted by Gasteiger charge is -2.31. The molecule has 108 valence electrons. The number of hydrogen-bond acceptors (Lipinski definition) is 2. The number of carbonyl (C=O) groups is 2. The Morgan fingerprint density at radius 1 is 1.20 bits per heavy atom. The fourth-order valence-corrected chi connectivity index (χ4v) is 2.28. The van der Waals surface area contributed by atoms with Crippen LogP contribution in [0.1, 0.15) is 12.8 Å². The summed E-state index contributed by atoms with van der Waals surface area (Å²) in [5.41, 5.74) is 0.560. The van der Waals surface area contributed by atoms with E-state index in [0.29, 0.717) is 31.6 Å². The first-order chi connectivity index (χ1) is 9.60. The molecule has 0 unspecified atom stereocenters. The molecule has 1 aliphatic heterocycles. The largest absolute Gasteiger partial charge is 0.359 e. The Balaban J connectivity index is 1.85. The number of amides is 3. The number of likely N-dealkylation sites (tertiary alicyclic amines) is 1. The zero-order chi connectivity index (χ0) is 14.5. The van der Waals surface area contributed by atoms with Crippen molar-refractivity contribution in [2.75, 3.05) is 25.5 Å². The molecule has 0 atom stereocenters. The lowest BCUT2D eigenvalue weighted by molar-refractivity contribution is -0.125. The topological polar surface area (TPSA) is 61.4 Å². The Hall–Kier alpha value is -2.11. The molecule has 0 aromatic heterocycles. The zero-order valence-corrected chi connectivity index (χ0v) is 11.4. The molecule has 1 saturated heterocycles.